The molecule has 9 heteroatoms. The number of nitrogens with zero attached hydrogens (tertiary/aromatic N) is 2. The van der Waals surface area contributed by atoms with Crippen LogP contribution in [0, 0.1) is 6.92 Å². The number of carbonyl (C=O) groups is 1. The molecule has 0 fully saturated rings. The van der Waals surface area contributed by atoms with Crippen LogP contribution in [-0.2, 0) is 23.9 Å². The monoisotopic (exact) mass is 411 g/mol. The average Bonchev–Trinajstić information content (AvgIpc) is 2.58. The van der Waals surface area contributed by atoms with Crippen LogP contribution in [0.2, 0.25) is 0 Å². The second-order valence-corrected chi connectivity index (χ2v) is 7.74. The number of nitrogens with one attached hydrogen (secondary N) is 1. The summed E-state index contributed by atoms with van der Waals surface area (Å²) in [6.45, 7) is 6.32. The van der Waals surface area contributed by atoms with E-state index in [2.05, 4.69) is 10.3 Å². The van der Waals surface area contributed by atoms with Crippen LogP contribution < -0.4 is 10.9 Å². The predicted molar refractivity (Wildman–Crippen MR) is 102 cm³/mol. The highest BCUT2D eigenvalue weighted by molar-refractivity contribution is 5.77. The molecule has 0 saturated carbocycles. The molecule has 1 aromatic carbocycles. The topological polar surface area (TPSA) is 84.2 Å². The van der Waals surface area contributed by atoms with Crippen LogP contribution in [0.1, 0.15) is 37.6 Å². The minimum Gasteiger partial charge on any atom is -0.396 e. The first kappa shape index (κ1) is 22.6. The Balaban J connectivity index is 2.58. The molecule has 29 heavy (non-hydrogen) atoms. The number of rotatable bonds is 5. The molecule has 0 spiro atoms. The Morgan fingerprint density at radius 3 is 2.24 bits per heavy atom. The molecule has 2 rings (SSSR count). The molecule has 1 heterocycles. The molecule has 158 valence electrons. The van der Waals surface area contributed by atoms with E-state index in [9.17, 15) is 27.9 Å². The average molecular weight is 411 g/mol. The zero-order chi connectivity index (χ0) is 22.0. The lowest BCUT2D eigenvalue weighted by atomic mass is 10.1. The lowest BCUT2D eigenvalue weighted by Crippen LogP contribution is -2.44. The fourth-order valence-electron chi connectivity index (χ4n) is 2.88. The molecule has 1 amide bonds. The second kappa shape index (κ2) is 8.36. The zero-order valence-corrected chi connectivity index (χ0v) is 16.7. The van der Waals surface area contributed by atoms with Gasteiger partial charge in [-0.05, 0) is 39.8 Å². The first-order chi connectivity index (χ1) is 13.3. The molecular formula is C20H24F3N3O3. The Kier molecular flexibility index (Phi) is 6.52. The maximum atomic E-state index is 13.0. The van der Waals surface area contributed by atoms with Gasteiger partial charge < -0.3 is 10.4 Å². The van der Waals surface area contributed by atoms with Crippen molar-refractivity contribution in [2.75, 3.05) is 6.61 Å². The molecule has 1 aromatic heterocycles. The summed E-state index contributed by atoms with van der Waals surface area (Å²) in [6.07, 6.45) is -4.43. The SMILES string of the molecule is Cc1nc(-c2ccc(C(F)(F)F)cc2)n(CC(=O)NC(C)(C)C)c(=O)c1CCO. The van der Waals surface area contributed by atoms with Gasteiger partial charge in [0, 0.05) is 35.4 Å². The van der Waals surface area contributed by atoms with Gasteiger partial charge in [-0.2, -0.15) is 13.2 Å². The number of aliphatic hydroxyl groups excluding tert-OH is 1. The van der Waals surface area contributed by atoms with Crippen LogP contribution in [0.15, 0.2) is 29.1 Å². The highest BCUT2D eigenvalue weighted by Gasteiger charge is 2.30. The van der Waals surface area contributed by atoms with Crippen LogP contribution in [0.3, 0.4) is 0 Å². The van der Waals surface area contributed by atoms with Crippen LogP contribution in [-0.4, -0.2) is 32.7 Å². The number of hydrogen-bond donors (Lipinski definition) is 2. The quantitative estimate of drug-likeness (QED) is 0.792. The maximum absolute atomic E-state index is 13.0. The normalized spacial score (nSPS) is 12.1. The van der Waals surface area contributed by atoms with E-state index < -0.39 is 28.7 Å². The number of aromatic nitrogens is 2. The Morgan fingerprint density at radius 2 is 1.76 bits per heavy atom. The van der Waals surface area contributed by atoms with Crippen LogP contribution in [0.5, 0.6) is 0 Å². The van der Waals surface area contributed by atoms with Crippen molar-refractivity contribution in [3.63, 3.8) is 0 Å². The largest absolute Gasteiger partial charge is 0.416 e. The first-order valence-electron chi connectivity index (χ1n) is 9.03. The molecule has 2 aromatic rings. The van der Waals surface area contributed by atoms with Gasteiger partial charge in [0.25, 0.3) is 5.56 Å². The van der Waals surface area contributed by atoms with Crippen LogP contribution in [0.25, 0.3) is 11.4 Å². The molecule has 0 aliphatic rings. The fraction of sp³-hybridized carbons (Fsp3) is 0.450. The lowest BCUT2D eigenvalue weighted by molar-refractivity contribution is -0.137. The van der Waals surface area contributed by atoms with E-state index >= 15 is 0 Å². The molecule has 0 aliphatic heterocycles. The summed E-state index contributed by atoms with van der Waals surface area (Å²) in [4.78, 5) is 29.7. The third kappa shape index (κ3) is 5.66. The third-order valence-electron chi connectivity index (χ3n) is 4.12. The van der Waals surface area contributed by atoms with E-state index in [0.29, 0.717) is 5.69 Å². The number of benzene rings is 1. The Morgan fingerprint density at radius 1 is 1.17 bits per heavy atom. The van der Waals surface area contributed by atoms with Gasteiger partial charge in [-0.15, -0.1) is 0 Å². The Bertz CT molecular complexity index is 943. The predicted octanol–water partition coefficient (Wildman–Crippen LogP) is 2.69. The van der Waals surface area contributed by atoms with Gasteiger partial charge >= 0.3 is 6.18 Å². The molecule has 0 aliphatic carbocycles. The van der Waals surface area contributed by atoms with Crippen molar-refractivity contribution in [3.05, 3.63) is 51.4 Å². The number of aliphatic hydroxyl groups is 1. The minimum absolute atomic E-state index is 0.0614. The summed E-state index contributed by atoms with van der Waals surface area (Å²) in [5, 5.41) is 12.0. The number of hydrogen-bond acceptors (Lipinski definition) is 4. The van der Waals surface area contributed by atoms with Gasteiger partial charge in [-0.25, -0.2) is 4.98 Å². The van der Waals surface area contributed by atoms with Crippen LogP contribution >= 0.6 is 0 Å². The summed E-state index contributed by atoms with van der Waals surface area (Å²) >= 11 is 0. The van der Waals surface area contributed by atoms with E-state index in [1.807, 2.05) is 0 Å². The van der Waals surface area contributed by atoms with E-state index in [-0.39, 0.29) is 36.5 Å². The highest BCUT2D eigenvalue weighted by Crippen LogP contribution is 2.30. The summed E-state index contributed by atoms with van der Waals surface area (Å²) < 4.78 is 39.7. The number of alkyl halides is 3. The maximum Gasteiger partial charge on any atom is 0.416 e. The van der Waals surface area contributed by atoms with E-state index in [0.717, 1.165) is 16.7 Å². The molecule has 0 bridgehead atoms. The smallest absolute Gasteiger partial charge is 0.396 e. The Labute approximate surface area is 166 Å². The minimum atomic E-state index is -4.49. The Hall–Kier alpha value is -2.68. The summed E-state index contributed by atoms with van der Waals surface area (Å²) in [5.74, 6) is -0.347. The standard InChI is InChI=1S/C20H24F3N3O3/c1-12-15(9-10-27)18(29)26(11-16(28)25-19(2,3)4)17(24-12)13-5-7-14(8-6-13)20(21,22)23/h5-8,27H,9-11H2,1-4H3,(H,25,28). The van der Waals surface area contributed by atoms with Gasteiger partial charge in [-0.3, -0.25) is 14.2 Å². The number of aryl methyl sites for hydroxylation is 1. The number of carbonyl (C=O) groups excluding carboxylic acids is 1. The fourth-order valence-corrected chi connectivity index (χ4v) is 2.88. The van der Waals surface area contributed by atoms with Crippen LogP contribution in [0.4, 0.5) is 13.2 Å². The van der Waals surface area contributed by atoms with Gasteiger partial charge in [0.2, 0.25) is 5.91 Å². The van der Waals surface area contributed by atoms with E-state index in [4.69, 9.17) is 0 Å². The summed E-state index contributed by atoms with van der Waals surface area (Å²) in [6, 6.07) is 4.23. The van der Waals surface area contributed by atoms with E-state index in [1.165, 1.54) is 12.1 Å². The van der Waals surface area contributed by atoms with E-state index in [1.54, 1.807) is 27.7 Å². The van der Waals surface area contributed by atoms with Crippen molar-refractivity contribution in [2.24, 2.45) is 0 Å². The van der Waals surface area contributed by atoms with Crippen molar-refractivity contribution in [1.82, 2.24) is 14.9 Å². The number of halogens is 3. The van der Waals surface area contributed by atoms with Gasteiger partial charge in [0.05, 0.1) is 5.56 Å². The van der Waals surface area contributed by atoms with Gasteiger partial charge in [0.1, 0.15) is 12.4 Å². The summed E-state index contributed by atoms with van der Waals surface area (Å²) in [7, 11) is 0. The molecule has 6 nitrogen and oxygen atoms in total. The highest BCUT2D eigenvalue weighted by atomic mass is 19.4. The summed E-state index contributed by atoms with van der Waals surface area (Å²) in [5.41, 5.74) is -0.975. The molecule has 2 N–H and O–H groups in total. The molecule has 0 atom stereocenters. The molecule has 0 radical (unpaired) electrons. The molecule has 0 saturated heterocycles. The molecule has 0 unspecified atom stereocenters. The third-order valence-corrected chi connectivity index (χ3v) is 4.12. The zero-order valence-electron chi connectivity index (χ0n) is 16.7. The number of amides is 1. The van der Waals surface area contributed by atoms with Gasteiger partial charge in [-0.1, -0.05) is 12.1 Å². The van der Waals surface area contributed by atoms with Crippen molar-refractivity contribution < 1.29 is 23.1 Å². The second-order valence-electron chi connectivity index (χ2n) is 7.74. The molecular weight excluding hydrogens is 387 g/mol. The van der Waals surface area contributed by atoms with Gasteiger partial charge in [0.15, 0.2) is 0 Å². The van der Waals surface area contributed by atoms with Crippen molar-refractivity contribution >= 4 is 5.91 Å². The van der Waals surface area contributed by atoms with Crippen molar-refractivity contribution in [1.29, 1.82) is 0 Å². The lowest BCUT2D eigenvalue weighted by Gasteiger charge is -2.22. The van der Waals surface area contributed by atoms with Crippen molar-refractivity contribution in [2.45, 2.75) is 52.4 Å². The first-order valence-corrected chi connectivity index (χ1v) is 9.03. The van der Waals surface area contributed by atoms with Crippen molar-refractivity contribution in [3.8, 4) is 11.4 Å².